The third-order valence-corrected chi connectivity index (χ3v) is 5.62. The maximum Gasteiger partial charge on any atom is 0.338 e. The van der Waals surface area contributed by atoms with E-state index < -0.39 is 0 Å². The quantitative estimate of drug-likeness (QED) is 0.584. The van der Waals surface area contributed by atoms with Crippen LogP contribution in [0.1, 0.15) is 74.6 Å². The average Bonchev–Trinajstić information content (AvgIpc) is 2.70. The second-order valence-electron chi connectivity index (χ2n) is 7.52. The van der Waals surface area contributed by atoms with E-state index in [9.17, 15) is 9.59 Å². The summed E-state index contributed by atoms with van der Waals surface area (Å²) in [6.45, 7) is 0. The van der Waals surface area contributed by atoms with Gasteiger partial charge in [0.1, 0.15) is 6.10 Å². The van der Waals surface area contributed by atoms with E-state index in [1.165, 1.54) is 12.8 Å². The number of rotatable bonds is 4. The molecule has 0 unspecified atom stereocenters. The Morgan fingerprint density at radius 2 is 1.48 bits per heavy atom. The van der Waals surface area contributed by atoms with Gasteiger partial charge in [-0.25, -0.2) is 4.79 Å². The van der Waals surface area contributed by atoms with Crippen LogP contribution in [0, 0.1) is 5.92 Å². The fraction of sp³-hybridized carbons (Fsp3) is 0.571. The maximum absolute atomic E-state index is 12.2. The first-order valence-corrected chi connectivity index (χ1v) is 10.5. The summed E-state index contributed by atoms with van der Waals surface area (Å²) in [7, 11) is 0. The fourth-order valence-corrected chi connectivity index (χ4v) is 4.05. The van der Waals surface area contributed by atoms with Crippen LogP contribution in [-0.2, 0) is 9.53 Å². The van der Waals surface area contributed by atoms with Gasteiger partial charge in [0.2, 0.25) is 5.91 Å². The highest BCUT2D eigenvalue weighted by molar-refractivity contribution is 7.80. The van der Waals surface area contributed by atoms with Crippen molar-refractivity contribution >= 4 is 34.9 Å². The highest BCUT2D eigenvalue weighted by atomic mass is 32.1. The summed E-state index contributed by atoms with van der Waals surface area (Å²) in [4.78, 5) is 24.5. The number of anilines is 1. The zero-order chi connectivity index (χ0) is 19.1. The second-order valence-corrected chi connectivity index (χ2v) is 7.93. The molecule has 1 amide bonds. The van der Waals surface area contributed by atoms with Crippen molar-refractivity contribution in [2.24, 2.45) is 5.92 Å². The van der Waals surface area contributed by atoms with Crippen molar-refractivity contribution < 1.29 is 14.3 Å². The van der Waals surface area contributed by atoms with Gasteiger partial charge in [0, 0.05) is 11.6 Å². The SMILES string of the molecule is O=C(OC1CCCCC1)c1ccc(NC(=S)NC(=O)C2CCCCC2)cc1. The van der Waals surface area contributed by atoms with E-state index in [4.69, 9.17) is 17.0 Å². The molecule has 0 atom stereocenters. The van der Waals surface area contributed by atoms with Gasteiger partial charge in [-0.05, 0) is 75.0 Å². The van der Waals surface area contributed by atoms with Crippen molar-refractivity contribution in [2.75, 3.05) is 5.32 Å². The summed E-state index contributed by atoms with van der Waals surface area (Å²) in [5.41, 5.74) is 1.27. The van der Waals surface area contributed by atoms with Crippen LogP contribution in [-0.4, -0.2) is 23.1 Å². The molecule has 1 aromatic carbocycles. The highest BCUT2D eigenvalue weighted by Crippen LogP contribution is 2.24. The van der Waals surface area contributed by atoms with E-state index in [1.54, 1.807) is 24.3 Å². The minimum absolute atomic E-state index is 0.000111. The fourth-order valence-electron chi connectivity index (χ4n) is 3.83. The summed E-state index contributed by atoms with van der Waals surface area (Å²) in [5, 5.41) is 6.08. The van der Waals surface area contributed by atoms with Crippen molar-refractivity contribution in [3.05, 3.63) is 29.8 Å². The van der Waals surface area contributed by atoms with E-state index in [-0.39, 0.29) is 23.9 Å². The second kappa shape index (κ2) is 9.83. The Balaban J connectivity index is 1.47. The molecule has 0 aromatic heterocycles. The lowest BCUT2D eigenvalue weighted by Gasteiger charge is -2.22. The monoisotopic (exact) mass is 388 g/mol. The summed E-state index contributed by atoms with van der Waals surface area (Å²) in [5.74, 6) is -0.211. The molecule has 2 fully saturated rings. The molecular formula is C21H28N2O3S. The molecule has 0 heterocycles. The van der Waals surface area contributed by atoms with Gasteiger partial charge in [-0.3, -0.25) is 4.79 Å². The Kier molecular flexibility index (Phi) is 7.21. The Hall–Kier alpha value is -1.95. The van der Waals surface area contributed by atoms with Crippen LogP contribution in [0.25, 0.3) is 0 Å². The molecule has 1 aromatic rings. The molecular weight excluding hydrogens is 360 g/mol. The van der Waals surface area contributed by atoms with E-state index >= 15 is 0 Å². The number of benzene rings is 1. The number of amides is 1. The van der Waals surface area contributed by atoms with Crippen LogP contribution in [0.15, 0.2) is 24.3 Å². The van der Waals surface area contributed by atoms with Crippen LogP contribution >= 0.6 is 12.2 Å². The summed E-state index contributed by atoms with van der Waals surface area (Å²) in [6.07, 6.45) is 10.8. The van der Waals surface area contributed by atoms with Crippen LogP contribution in [0.4, 0.5) is 5.69 Å². The number of hydrogen-bond acceptors (Lipinski definition) is 4. The van der Waals surface area contributed by atoms with E-state index in [2.05, 4.69) is 10.6 Å². The standard InChI is InChI=1S/C21H28N2O3S/c24-19(15-7-3-1-4-8-15)23-21(27)22-17-13-11-16(12-14-17)20(25)26-18-9-5-2-6-10-18/h11-15,18H,1-10H2,(H2,22,23,24,27). The smallest absolute Gasteiger partial charge is 0.338 e. The third-order valence-electron chi connectivity index (χ3n) is 5.42. The lowest BCUT2D eigenvalue weighted by atomic mass is 9.89. The third kappa shape index (κ3) is 6.03. The topological polar surface area (TPSA) is 67.4 Å². The maximum atomic E-state index is 12.2. The molecule has 5 nitrogen and oxygen atoms in total. The minimum Gasteiger partial charge on any atom is -0.459 e. The first kappa shape index (κ1) is 19.8. The summed E-state index contributed by atoms with van der Waals surface area (Å²) >= 11 is 5.24. The molecule has 146 valence electrons. The van der Waals surface area contributed by atoms with Crippen molar-refractivity contribution in [1.29, 1.82) is 0 Å². The molecule has 0 spiro atoms. The van der Waals surface area contributed by atoms with Gasteiger partial charge >= 0.3 is 5.97 Å². The summed E-state index contributed by atoms with van der Waals surface area (Å²) < 4.78 is 5.58. The Bertz CT molecular complexity index is 663. The average molecular weight is 389 g/mol. The van der Waals surface area contributed by atoms with Gasteiger partial charge in [-0.1, -0.05) is 25.7 Å². The number of esters is 1. The minimum atomic E-state index is -0.276. The van der Waals surface area contributed by atoms with Gasteiger partial charge in [-0.15, -0.1) is 0 Å². The molecule has 0 aliphatic heterocycles. The molecule has 2 saturated carbocycles. The van der Waals surface area contributed by atoms with Gasteiger partial charge < -0.3 is 15.4 Å². The molecule has 6 heteroatoms. The summed E-state index contributed by atoms with van der Waals surface area (Å²) in [6, 6.07) is 6.99. The number of carbonyl (C=O) groups is 2. The van der Waals surface area contributed by atoms with E-state index in [0.29, 0.717) is 10.7 Å². The first-order chi connectivity index (χ1) is 13.1. The molecule has 27 heavy (non-hydrogen) atoms. The van der Waals surface area contributed by atoms with Crippen molar-refractivity contribution in [2.45, 2.75) is 70.3 Å². The number of thiocarbonyl (C=S) groups is 1. The molecule has 2 aliphatic rings. The first-order valence-electron chi connectivity index (χ1n) is 10.0. The Labute approximate surface area is 166 Å². The van der Waals surface area contributed by atoms with Gasteiger partial charge in [0.25, 0.3) is 0 Å². The van der Waals surface area contributed by atoms with Crippen LogP contribution in [0.5, 0.6) is 0 Å². The lowest BCUT2D eigenvalue weighted by molar-refractivity contribution is -0.124. The van der Waals surface area contributed by atoms with Crippen molar-refractivity contribution in [1.82, 2.24) is 5.32 Å². The van der Waals surface area contributed by atoms with Crippen LogP contribution in [0.2, 0.25) is 0 Å². The Morgan fingerprint density at radius 3 is 2.11 bits per heavy atom. The van der Waals surface area contributed by atoms with E-state index in [0.717, 1.165) is 57.1 Å². The zero-order valence-corrected chi connectivity index (χ0v) is 16.5. The predicted molar refractivity (Wildman–Crippen MR) is 110 cm³/mol. The number of nitrogens with one attached hydrogen (secondary N) is 2. The van der Waals surface area contributed by atoms with E-state index in [1.807, 2.05) is 0 Å². The number of carbonyl (C=O) groups excluding carboxylic acids is 2. The van der Waals surface area contributed by atoms with Gasteiger partial charge in [0.15, 0.2) is 5.11 Å². The molecule has 0 bridgehead atoms. The number of hydrogen-bond donors (Lipinski definition) is 2. The predicted octanol–water partition coefficient (Wildman–Crippen LogP) is 4.57. The highest BCUT2D eigenvalue weighted by Gasteiger charge is 2.22. The molecule has 3 rings (SSSR count). The normalized spacial score (nSPS) is 18.5. The zero-order valence-electron chi connectivity index (χ0n) is 15.7. The van der Waals surface area contributed by atoms with Gasteiger partial charge in [0.05, 0.1) is 5.56 Å². The molecule has 2 N–H and O–H groups in total. The van der Waals surface area contributed by atoms with Gasteiger partial charge in [-0.2, -0.15) is 0 Å². The van der Waals surface area contributed by atoms with Crippen LogP contribution < -0.4 is 10.6 Å². The van der Waals surface area contributed by atoms with Crippen molar-refractivity contribution in [3.8, 4) is 0 Å². The van der Waals surface area contributed by atoms with Crippen LogP contribution in [0.3, 0.4) is 0 Å². The lowest BCUT2D eigenvalue weighted by Crippen LogP contribution is -2.38. The van der Waals surface area contributed by atoms with Crippen molar-refractivity contribution in [3.63, 3.8) is 0 Å². The largest absolute Gasteiger partial charge is 0.459 e. The Morgan fingerprint density at radius 1 is 0.889 bits per heavy atom. The number of ether oxygens (including phenoxy) is 1. The molecule has 2 aliphatic carbocycles. The molecule has 0 radical (unpaired) electrons. The molecule has 0 saturated heterocycles.